The van der Waals surface area contributed by atoms with E-state index < -0.39 is 11.6 Å². The van der Waals surface area contributed by atoms with E-state index in [1.807, 2.05) is 36.1 Å². The molecule has 1 N–H and O–H groups in total. The van der Waals surface area contributed by atoms with Crippen LogP contribution in [0.3, 0.4) is 0 Å². The van der Waals surface area contributed by atoms with Gasteiger partial charge in [0.05, 0.1) is 5.69 Å². The van der Waals surface area contributed by atoms with Gasteiger partial charge in [0.1, 0.15) is 11.6 Å². The zero-order valence-corrected chi connectivity index (χ0v) is 15.6. The minimum absolute atomic E-state index is 0.0267. The van der Waals surface area contributed by atoms with Crippen LogP contribution in [0.5, 0.6) is 0 Å². The number of nitrogens with one attached hydrogen (secondary N) is 1. The fourth-order valence-electron chi connectivity index (χ4n) is 3.82. The van der Waals surface area contributed by atoms with Crippen molar-refractivity contribution in [3.8, 4) is 0 Å². The Hall–Kier alpha value is -3.02. The number of amides is 1. The molecular weight excluding hydrogens is 360 g/mol. The number of pyridine rings is 1. The Morgan fingerprint density at radius 1 is 1.11 bits per heavy atom. The highest BCUT2D eigenvalue weighted by molar-refractivity contribution is 6.03. The van der Waals surface area contributed by atoms with Crippen LogP contribution in [0.4, 0.5) is 20.2 Å². The molecule has 0 spiro atoms. The Kier molecular flexibility index (Phi) is 4.94. The van der Waals surface area contributed by atoms with Gasteiger partial charge >= 0.3 is 0 Å². The Balaban J connectivity index is 1.44. The van der Waals surface area contributed by atoms with Gasteiger partial charge in [0.25, 0.3) is 0 Å². The predicted molar refractivity (Wildman–Crippen MR) is 106 cm³/mol. The molecule has 0 aliphatic carbocycles. The van der Waals surface area contributed by atoms with Gasteiger partial charge in [-0.2, -0.15) is 0 Å². The lowest BCUT2D eigenvalue weighted by molar-refractivity contribution is -0.120. The number of anilines is 2. The second-order valence-electron chi connectivity index (χ2n) is 7.14. The fraction of sp³-hybridized carbons (Fsp3) is 0.273. The van der Waals surface area contributed by atoms with Crippen molar-refractivity contribution in [3.63, 3.8) is 0 Å². The van der Waals surface area contributed by atoms with Crippen LogP contribution in [-0.4, -0.2) is 24.0 Å². The Morgan fingerprint density at radius 2 is 1.89 bits per heavy atom. The summed E-state index contributed by atoms with van der Waals surface area (Å²) in [5.41, 5.74) is 2.08. The minimum Gasteiger partial charge on any atom is -0.369 e. The molecule has 1 aliphatic heterocycles. The van der Waals surface area contributed by atoms with E-state index in [0.717, 1.165) is 28.2 Å². The van der Waals surface area contributed by atoms with Gasteiger partial charge in [0.2, 0.25) is 5.91 Å². The molecule has 1 amide bonds. The van der Waals surface area contributed by atoms with Crippen LogP contribution in [0.1, 0.15) is 18.5 Å². The van der Waals surface area contributed by atoms with E-state index in [0.29, 0.717) is 31.6 Å². The molecular formula is C22H21F2N3O. The Morgan fingerprint density at radius 3 is 2.64 bits per heavy atom. The molecule has 0 unspecified atom stereocenters. The fourth-order valence-corrected chi connectivity index (χ4v) is 3.82. The number of piperidine rings is 1. The molecule has 1 fully saturated rings. The van der Waals surface area contributed by atoms with E-state index in [1.165, 1.54) is 12.1 Å². The molecule has 1 aromatic heterocycles. The Bertz CT molecular complexity index is 1030. The summed E-state index contributed by atoms with van der Waals surface area (Å²) in [6.07, 6.45) is 2.98. The van der Waals surface area contributed by atoms with Crippen molar-refractivity contribution in [3.05, 3.63) is 66.0 Å². The lowest BCUT2D eigenvalue weighted by Crippen LogP contribution is -2.38. The second-order valence-corrected chi connectivity index (χ2v) is 7.14. The van der Waals surface area contributed by atoms with Gasteiger partial charge in [-0.25, -0.2) is 8.78 Å². The summed E-state index contributed by atoms with van der Waals surface area (Å²) < 4.78 is 27.1. The maximum atomic E-state index is 14.0. The van der Waals surface area contributed by atoms with E-state index in [-0.39, 0.29) is 11.8 Å². The molecule has 0 atom stereocenters. The first-order chi connectivity index (χ1) is 13.5. The maximum absolute atomic E-state index is 14.0. The molecule has 6 heteroatoms. The van der Waals surface area contributed by atoms with Crippen molar-refractivity contribution in [1.82, 2.24) is 4.98 Å². The second kappa shape index (κ2) is 7.54. The summed E-state index contributed by atoms with van der Waals surface area (Å²) in [6.45, 7) is 3.05. The van der Waals surface area contributed by atoms with Gasteiger partial charge < -0.3 is 10.2 Å². The molecule has 28 heavy (non-hydrogen) atoms. The number of carbonyl (C=O) groups is 1. The highest BCUT2D eigenvalue weighted by atomic mass is 19.1. The first-order valence-electron chi connectivity index (χ1n) is 9.38. The molecule has 0 radical (unpaired) electrons. The van der Waals surface area contributed by atoms with E-state index in [2.05, 4.69) is 10.3 Å². The van der Waals surface area contributed by atoms with Crippen LogP contribution in [-0.2, 0) is 4.79 Å². The minimum atomic E-state index is -0.587. The molecule has 0 saturated carbocycles. The lowest BCUT2D eigenvalue weighted by Gasteiger charge is -2.33. The van der Waals surface area contributed by atoms with E-state index >= 15 is 0 Å². The monoisotopic (exact) mass is 381 g/mol. The average molecular weight is 381 g/mol. The highest BCUT2D eigenvalue weighted by Crippen LogP contribution is 2.29. The number of benzene rings is 2. The van der Waals surface area contributed by atoms with Crippen LogP contribution in [0.25, 0.3) is 10.8 Å². The summed E-state index contributed by atoms with van der Waals surface area (Å²) in [7, 11) is 0. The number of fused-ring (bicyclic) bond motifs is 1. The largest absolute Gasteiger partial charge is 0.369 e. The number of rotatable bonds is 3. The number of nitrogens with zero attached hydrogens (tertiary/aromatic N) is 2. The molecule has 1 saturated heterocycles. The van der Waals surface area contributed by atoms with E-state index in [1.54, 1.807) is 6.20 Å². The van der Waals surface area contributed by atoms with Crippen molar-refractivity contribution < 1.29 is 13.6 Å². The van der Waals surface area contributed by atoms with Gasteiger partial charge in [0, 0.05) is 53.4 Å². The molecule has 3 aromatic rings. The Labute approximate surface area is 162 Å². The quantitative estimate of drug-likeness (QED) is 0.717. The molecule has 2 heterocycles. The summed E-state index contributed by atoms with van der Waals surface area (Å²) in [6, 6.07) is 11.3. The van der Waals surface area contributed by atoms with Crippen LogP contribution in [0.15, 0.2) is 48.7 Å². The van der Waals surface area contributed by atoms with Crippen molar-refractivity contribution in [2.24, 2.45) is 5.92 Å². The lowest BCUT2D eigenvalue weighted by atomic mass is 9.95. The summed E-state index contributed by atoms with van der Waals surface area (Å²) in [5, 5.41) is 5.03. The summed E-state index contributed by atoms with van der Waals surface area (Å²) >= 11 is 0. The van der Waals surface area contributed by atoms with E-state index in [9.17, 15) is 13.6 Å². The average Bonchev–Trinajstić information content (AvgIpc) is 2.69. The molecule has 4 rings (SSSR count). The number of hydrogen-bond acceptors (Lipinski definition) is 3. The normalized spacial score (nSPS) is 15.0. The van der Waals surface area contributed by atoms with Gasteiger partial charge in [-0.15, -0.1) is 0 Å². The van der Waals surface area contributed by atoms with Crippen molar-refractivity contribution in [2.45, 2.75) is 19.8 Å². The van der Waals surface area contributed by atoms with Gasteiger partial charge in [-0.05, 0) is 44.0 Å². The maximum Gasteiger partial charge on any atom is 0.227 e. The van der Waals surface area contributed by atoms with Crippen molar-refractivity contribution >= 4 is 28.1 Å². The number of aromatic nitrogens is 1. The number of hydrogen-bond donors (Lipinski definition) is 1. The topological polar surface area (TPSA) is 45.2 Å². The first-order valence-corrected chi connectivity index (χ1v) is 9.38. The first kappa shape index (κ1) is 18.3. The predicted octanol–water partition coefficient (Wildman–Crippen LogP) is 4.68. The summed E-state index contributed by atoms with van der Waals surface area (Å²) in [5.74, 6) is -1.32. The van der Waals surface area contributed by atoms with Crippen LogP contribution in [0, 0.1) is 24.5 Å². The zero-order valence-electron chi connectivity index (χ0n) is 15.6. The third-order valence-electron chi connectivity index (χ3n) is 5.38. The van der Waals surface area contributed by atoms with Crippen LogP contribution in [0.2, 0.25) is 0 Å². The summed E-state index contributed by atoms with van der Waals surface area (Å²) in [4.78, 5) is 18.9. The smallest absolute Gasteiger partial charge is 0.227 e. The van der Waals surface area contributed by atoms with Gasteiger partial charge in [-0.3, -0.25) is 9.78 Å². The number of halogens is 2. The molecule has 1 aliphatic rings. The van der Waals surface area contributed by atoms with Crippen LogP contribution < -0.4 is 10.2 Å². The SMILES string of the molecule is Cc1nccc2c(NC(=O)C3CCN(c4ccc(F)cc4F)CC3)cccc12. The molecule has 2 aromatic carbocycles. The van der Waals surface area contributed by atoms with Gasteiger partial charge in [0.15, 0.2) is 0 Å². The molecule has 0 bridgehead atoms. The van der Waals surface area contributed by atoms with Crippen molar-refractivity contribution in [1.29, 1.82) is 0 Å². The van der Waals surface area contributed by atoms with E-state index in [4.69, 9.17) is 0 Å². The molecule has 4 nitrogen and oxygen atoms in total. The third-order valence-corrected chi connectivity index (χ3v) is 5.38. The zero-order chi connectivity index (χ0) is 19.7. The van der Waals surface area contributed by atoms with Crippen LogP contribution >= 0.6 is 0 Å². The van der Waals surface area contributed by atoms with Crippen molar-refractivity contribution in [2.75, 3.05) is 23.3 Å². The third kappa shape index (κ3) is 3.54. The standard InChI is InChI=1S/C22H21F2N3O/c1-14-17-3-2-4-20(18(17)7-10-25-14)26-22(28)15-8-11-27(12-9-15)21-6-5-16(23)13-19(21)24/h2-7,10,13,15H,8-9,11-12H2,1H3,(H,26,28). The number of aryl methyl sites for hydroxylation is 1. The number of carbonyl (C=O) groups excluding carboxylic acids is 1. The highest BCUT2D eigenvalue weighted by Gasteiger charge is 2.26. The van der Waals surface area contributed by atoms with Gasteiger partial charge in [-0.1, -0.05) is 12.1 Å². The molecule has 144 valence electrons.